The van der Waals surface area contributed by atoms with Crippen LogP contribution in [0, 0.1) is 5.82 Å². The quantitative estimate of drug-likeness (QED) is 0.886. The van der Waals surface area contributed by atoms with Gasteiger partial charge in [-0.05, 0) is 30.3 Å². The molecule has 0 saturated carbocycles. The van der Waals surface area contributed by atoms with Gasteiger partial charge in [0, 0.05) is 5.69 Å². The van der Waals surface area contributed by atoms with Crippen LogP contribution < -0.4 is 5.32 Å². The Morgan fingerprint density at radius 2 is 1.79 bits per heavy atom. The summed E-state index contributed by atoms with van der Waals surface area (Å²) in [6.45, 7) is 0. The van der Waals surface area contributed by atoms with Crippen molar-refractivity contribution >= 4 is 17.6 Å². The first-order chi connectivity index (χ1) is 9.06. The summed E-state index contributed by atoms with van der Waals surface area (Å²) in [6.07, 6.45) is 0. The number of carboxylic acids is 1. The van der Waals surface area contributed by atoms with Crippen molar-refractivity contribution in [3.05, 3.63) is 59.7 Å². The second-order valence-corrected chi connectivity index (χ2v) is 3.68. The van der Waals surface area contributed by atoms with Gasteiger partial charge >= 0.3 is 5.97 Å². The third kappa shape index (κ3) is 3.12. The van der Waals surface area contributed by atoms with Crippen molar-refractivity contribution in [1.82, 2.24) is 4.98 Å². The lowest BCUT2D eigenvalue weighted by atomic mass is 10.2. The Hall–Kier alpha value is -2.76. The van der Waals surface area contributed by atoms with Crippen LogP contribution >= 0.6 is 0 Å². The predicted octanol–water partition coefficient (Wildman–Crippen LogP) is 2.17. The van der Waals surface area contributed by atoms with E-state index in [0.717, 1.165) is 6.07 Å². The average molecular weight is 260 g/mol. The second kappa shape index (κ2) is 5.26. The largest absolute Gasteiger partial charge is 0.477 e. The van der Waals surface area contributed by atoms with E-state index in [0.29, 0.717) is 0 Å². The lowest BCUT2D eigenvalue weighted by molar-refractivity contribution is 0.0690. The summed E-state index contributed by atoms with van der Waals surface area (Å²) in [5.74, 6) is -2.31. The van der Waals surface area contributed by atoms with Crippen LogP contribution in [0.15, 0.2) is 42.5 Å². The molecule has 0 aliphatic carbocycles. The van der Waals surface area contributed by atoms with Crippen LogP contribution in [0.3, 0.4) is 0 Å². The lowest BCUT2D eigenvalue weighted by Gasteiger charge is -2.05. The lowest BCUT2D eigenvalue weighted by Crippen LogP contribution is -2.15. The number of hydrogen-bond acceptors (Lipinski definition) is 3. The number of nitrogens with one attached hydrogen (secondary N) is 1. The van der Waals surface area contributed by atoms with Crippen molar-refractivity contribution in [1.29, 1.82) is 0 Å². The average Bonchev–Trinajstić information content (AvgIpc) is 2.39. The molecule has 0 bridgehead atoms. The molecule has 1 amide bonds. The van der Waals surface area contributed by atoms with Crippen molar-refractivity contribution in [2.45, 2.75) is 0 Å². The summed E-state index contributed by atoms with van der Waals surface area (Å²) in [5, 5.41) is 11.2. The highest BCUT2D eigenvalue weighted by atomic mass is 19.1. The van der Waals surface area contributed by atoms with Crippen molar-refractivity contribution in [2.24, 2.45) is 0 Å². The zero-order valence-electron chi connectivity index (χ0n) is 9.63. The summed E-state index contributed by atoms with van der Waals surface area (Å²) in [5.41, 5.74) is -0.0106. The van der Waals surface area contributed by atoms with Crippen LogP contribution in [0.5, 0.6) is 0 Å². The number of nitrogens with zero attached hydrogens (tertiary/aromatic N) is 1. The van der Waals surface area contributed by atoms with Gasteiger partial charge in [0.15, 0.2) is 0 Å². The number of halogens is 1. The molecule has 0 radical (unpaired) electrons. The molecule has 0 fully saturated rings. The highest BCUT2D eigenvalue weighted by Gasteiger charge is 2.11. The number of carboxylic acid groups (broad SMARTS) is 1. The van der Waals surface area contributed by atoms with Gasteiger partial charge in [0.1, 0.15) is 17.2 Å². The molecular weight excluding hydrogens is 251 g/mol. The van der Waals surface area contributed by atoms with Crippen molar-refractivity contribution in [2.75, 3.05) is 5.32 Å². The number of aromatic nitrogens is 1. The van der Waals surface area contributed by atoms with Gasteiger partial charge < -0.3 is 10.4 Å². The fourth-order valence-corrected chi connectivity index (χ4v) is 1.44. The zero-order chi connectivity index (χ0) is 13.8. The summed E-state index contributed by atoms with van der Waals surface area (Å²) in [4.78, 5) is 26.2. The maximum Gasteiger partial charge on any atom is 0.354 e. The van der Waals surface area contributed by atoms with E-state index >= 15 is 0 Å². The molecule has 0 atom stereocenters. The van der Waals surface area contributed by atoms with Gasteiger partial charge in [-0.2, -0.15) is 0 Å². The number of benzene rings is 1. The van der Waals surface area contributed by atoms with Crippen LogP contribution in [-0.2, 0) is 0 Å². The number of pyridine rings is 1. The standard InChI is InChI=1S/C13H9FN2O3/c14-8-3-1-4-9(7-8)15-12(17)10-5-2-6-11(16-10)13(18)19/h1-7H,(H,15,17)(H,18,19). The normalized spacial score (nSPS) is 9.95. The molecule has 2 N–H and O–H groups in total. The fourth-order valence-electron chi connectivity index (χ4n) is 1.44. The molecule has 19 heavy (non-hydrogen) atoms. The minimum Gasteiger partial charge on any atom is -0.477 e. The molecule has 5 nitrogen and oxygen atoms in total. The van der Waals surface area contributed by atoms with Crippen LogP contribution in [-0.4, -0.2) is 22.0 Å². The minimum atomic E-state index is -1.22. The topological polar surface area (TPSA) is 79.3 Å². The zero-order valence-corrected chi connectivity index (χ0v) is 9.63. The fraction of sp³-hybridized carbons (Fsp3) is 0. The Balaban J connectivity index is 2.20. The van der Waals surface area contributed by atoms with E-state index in [1.54, 1.807) is 0 Å². The van der Waals surface area contributed by atoms with Crippen molar-refractivity contribution < 1.29 is 19.1 Å². The molecule has 0 unspecified atom stereocenters. The number of carbonyl (C=O) groups excluding carboxylic acids is 1. The third-order valence-corrected chi connectivity index (χ3v) is 2.28. The molecule has 1 heterocycles. The smallest absolute Gasteiger partial charge is 0.354 e. The number of rotatable bonds is 3. The maximum absolute atomic E-state index is 12.9. The highest BCUT2D eigenvalue weighted by Crippen LogP contribution is 2.10. The van der Waals surface area contributed by atoms with E-state index in [-0.39, 0.29) is 17.1 Å². The SMILES string of the molecule is O=C(O)c1cccc(C(=O)Nc2cccc(F)c2)n1. The molecule has 96 valence electrons. The van der Waals surface area contributed by atoms with Gasteiger partial charge in [-0.3, -0.25) is 4.79 Å². The van der Waals surface area contributed by atoms with Crippen LogP contribution in [0.1, 0.15) is 21.0 Å². The monoisotopic (exact) mass is 260 g/mol. The molecule has 2 rings (SSSR count). The van der Waals surface area contributed by atoms with E-state index in [1.807, 2.05) is 0 Å². The van der Waals surface area contributed by atoms with Gasteiger partial charge in [-0.25, -0.2) is 14.2 Å². The van der Waals surface area contributed by atoms with Gasteiger partial charge in [-0.1, -0.05) is 12.1 Å². The van der Waals surface area contributed by atoms with Crippen molar-refractivity contribution in [3.63, 3.8) is 0 Å². The Morgan fingerprint density at radius 3 is 2.47 bits per heavy atom. The number of aromatic carboxylic acids is 1. The van der Waals surface area contributed by atoms with E-state index in [2.05, 4.69) is 10.3 Å². The third-order valence-electron chi connectivity index (χ3n) is 2.28. The maximum atomic E-state index is 12.9. The Morgan fingerprint density at radius 1 is 1.11 bits per heavy atom. The molecular formula is C13H9FN2O3. The first-order valence-corrected chi connectivity index (χ1v) is 5.33. The Labute approximate surface area is 107 Å². The van der Waals surface area contributed by atoms with Crippen LogP contribution in [0.25, 0.3) is 0 Å². The predicted molar refractivity (Wildman–Crippen MR) is 65.5 cm³/mol. The van der Waals surface area contributed by atoms with E-state index in [4.69, 9.17) is 5.11 Å². The van der Waals surface area contributed by atoms with E-state index in [1.165, 1.54) is 36.4 Å². The Kier molecular flexibility index (Phi) is 3.51. The molecule has 0 aliphatic rings. The molecule has 1 aromatic carbocycles. The second-order valence-electron chi connectivity index (χ2n) is 3.68. The molecule has 6 heteroatoms. The van der Waals surface area contributed by atoms with Gasteiger partial charge in [0.2, 0.25) is 0 Å². The van der Waals surface area contributed by atoms with Gasteiger partial charge in [-0.15, -0.1) is 0 Å². The summed E-state index contributed by atoms with van der Waals surface area (Å²) >= 11 is 0. The summed E-state index contributed by atoms with van der Waals surface area (Å²) in [7, 11) is 0. The Bertz CT molecular complexity index is 643. The van der Waals surface area contributed by atoms with Crippen molar-refractivity contribution in [3.8, 4) is 0 Å². The molecule has 0 saturated heterocycles. The number of hydrogen-bond donors (Lipinski definition) is 2. The van der Waals surface area contributed by atoms with Crippen LogP contribution in [0.2, 0.25) is 0 Å². The van der Waals surface area contributed by atoms with E-state index in [9.17, 15) is 14.0 Å². The van der Waals surface area contributed by atoms with Gasteiger partial charge in [0.25, 0.3) is 5.91 Å². The minimum absolute atomic E-state index is 0.0517. The first kappa shape index (κ1) is 12.7. The summed E-state index contributed by atoms with van der Waals surface area (Å²) in [6, 6.07) is 9.44. The number of carbonyl (C=O) groups is 2. The number of anilines is 1. The molecule has 0 aliphatic heterocycles. The number of amides is 1. The van der Waals surface area contributed by atoms with Gasteiger partial charge in [0.05, 0.1) is 0 Å². The molecule has 0 spiro atoms. The molecule has 2 aromatic rings. The molecule has 1 aromatic heterocycles. The van der Waals surface area contributed by atoms with Crippen LogP contribution in [0.4, 0.5) is 10.1 Å². The van der Waals surface area contributed by atoms with E-state index < -0.39 is 17.7 Å². The highest BCUT2D eigenvalue weighted by molar-refractivity contribution is 6.03. The summed E-state index contributed by atoms with van der Waals surface area (Å²) < 4.78 is 12.9. The first-order valence-electron chi connectivity index (χ1n) is 5.33.